The summed E-state index contributed by atoms with van der Waals surface area (Å²) >= 11 is 7.41. The van der Waals surface area contributed by atoms with Crippen molar-refractivity contribution in [2.24, 2.45) is 0 Å². The monoisotopic (exact) mass is 275 g/mol. The van der Waals surface area contributed by atoms with E-state index in [1.807, 2.05) is 24.3 Å². The number of methoxy groups -OCH3 is 1. The molecule has 96 valence electrons. The predicted molar refractivity (Wildman–Crippen MR) is 72.9 cm³/mol. The minimum Gasteiger partial charge on any atom is -0.391 e. The zero-order chi connectivity index (χ0) is 12.5. The van der Waals surface area contributed by atoms with E-state index in [4.69, 9.17) is 16.3 Å². The van der Waals surface area contributed by atoms with Gasteiger partial charge in [0.25, 0.3) is 0 Å². The molecule has 0 bridgehead atoms. The normalized spacial score (nSPS) is 12.6. The maximum Gasteiger partial charge on any atom is 0.0758 e. The van der Waals surface area contributed by atoms with Gasteiger partial charge in [0.1, 0.15) is 0 Å². The summed E-state index contributed by atoms with van der Waals surface area (Å²) in [5.41, 5.74) is 0. The van der Waals surface area contributed by atoms with Gasteiger partial charge < -0.3 is 15.2 Å². The maximum atomic E-state index is 9.71. The molecule has 1 atom stereocenters. The number of ether oxygens (including phenoxy) is 1. The Morgan fingerprint density at radius 3 is 2.76 bits per heavy atom. The van der Waals surface area contributed by atoms with Gasteiger partial charge in [0.15, 0.2) is 0 Å². The molecule has 0 saturated heterocycles. The first-order valence-corrected chi connectivity index (χ1v) is 6.85. The third-order valence-electron chi connectivity index (χ3n) is 2.12. The van der Waals surface area contributed by atoms with E-state index in [1.165, 1.54) is 0 Å². The summed E-state index contributed by atoms with van der Waals surface area (Å²) in [5.74, 6) is 0.668. The van der Waals surface area contributed by atoms with Gasteiger partial charge in [-0.1, -0.05) is 11.6 Å². The molecular weight excluding hydrogens is 258 g/mol. The SMILES string of the molecule is COCCNCC(O)CSc1ccc(Cl)cc1. The molecule has 0 aliphatic carbocycles. The molecule has 0 aliphatic heterocycles. The van der Waals surface area contributed by atoms with Crippen LogP contribution in [0.1, 0.15) is 0 Å². The van der Waals surface area contributed by atoms with Crippen molar-refractivity contribution < 1.29 is 9.84 Å². The fourth-order valence-corrected chi connectivity index (χ4v) is 2.18. The van der Waals surface area contributed by atoms with E-state index < -0.39 is 0 Å². The first-order valence-electron chi connectivity index (χ1n) is 5.48. The third kappa shape index (κ3) is 6.91. The van der Waals surface area contributed by atoms with Crippen molar-refractivity contribution in [2.75, 3.05) is 32.6 Å². The Bertz CT molecular complexity index is 308. The summed E-state index contributed by atoms with van der Waals surface area (Å²) in [4.78, 5) is 1.12. The largest absolute Gasteiger partial charge is 0.391 e. The highest BCUT2D eigenvalue weighted by molar-refractivity contribution is 7.99. The lowest BCUT2D eigenvalue weighted by Gasteiger charge is -2.11. The summed E-state index contributed by atoms with van der Waals surface area (Å²) in [5, 5.41) is 13.6. The number of aliphatic hydroxyl groups is 1. The molecule has 0 saturated carbocycles. The molecule has 0 heterocycles. The van der Waals surface area contributed by atoms with E-state index in [-0.39, 0.29) is 6.10 Å². The molecule has 1 aromatic carbocycles. The van der Waals surface area contributed by atoms with Gasteiger partial charge in [0.05, 0.1) is 12.7 Å². The average molecular weight is 276 g/mol. The van der Waals surface area contributed by atoms with Crippen LogP contribution in [0.15, 0.2) is 29.2 Å². The zero-order valence-corrected chi connectivity index (χ0v) is 11.4. The molecule has 0 aliphatic rings. The van der Waals surface area contributed by atoms with Gasteiger partial charge in [-0.25, -0.2) is 0 Å². The van der Waals surface area contributed by atoms with E-state index in [0.717, 1.165) is 16.5 Å². The highest BCUT2D eigenvalue weighted by Crippen LogP contribution is 2.20. The molecule has 0 aromatic heterocycles. The lowest BCUT2D eigenvalue weighted by molar-refractivity contribution is 0.175. The van der Waals surface area contributed by atoms with Gasteiger partial charge in [-0.3, -0.25) is 0 Å². The second-order valence-corrected chi connectivity index (χ2v) is 5.15. The minimum atomic E-state index is -0.354. The summed E-state index contributed by atoms with van der Waals surface area (Å²) in [6, 6.07) is 7.62. The van der Waals surface area contributed by atoms with Crippen LogP contribution >= 0.6 is 23.4 Å². The molecule has 1 aromatic rings. The van der Waals surface area contributed by atoms with Crippen molar-refractivity contribution in [3.8, 4) is 0 Å². The van der Waals surface area contributed by atoms with Crippen molar-refractivity contribution >= 4 is 23.4 Å². The molecule has 0 amide bonds. The van der Waals surface area contributed by atoms with Gasteiger partial charge >= 0.3 is 0 Å². The number of thioether (sulfide) groups is 1. The van der Waals surface area contributed by atoms with E-state index in [1.54, 1.807) is 18.9 Å². The van der Waals surface area contributed by atoms with Gasteiger partial charge in [0, 0.05) is 35.9 Å². The lowest BCUT2D eigenvalue weighted by Crippen LogP contribution is -2.30. The topological polar surface area (TPSA) is 41.5 Å². The summed E-state index contributed by atoms with van der Waals surface area (Å²) < 4.78 is 4.90. The van der Waals surface area contributed by atoms with E-state index in [0.29, 0.717) is 18.9 Å². The van der Waals surface area contributed by atoms with Crippen LogP contribution in [-0.2, 0) is 4.74 Å². The predicted octanol–water partition coefficient (Wildman–Crippen LogP) is 2.03. The third-order valence-corrected chi connectivity index (χ3v) is 3.53. The molecule has 17 heavy (non-hydrogen) atoms. The molecule has 3 nitrogen and oxygen atoms in total. The Kier molecular flexibility index (Phi) is 7.64. The first kappa shape index (κ1) is 14.8. The molecule has 1 unspecified atom stereocenters. The molecule has 0 spiro atoms. The Hall–Kier alpha value is -0.260. The second-order valence-electron chi connectivity index (χ2n) is 3.62. The Morgan fingerprint density at radius 2 is 2.12 bits per heavy atom. The molecule has 5 heteroatoms. The highest BCUT2D eigenvalue weighted by Gasteiger charge is 2.04. The van der Waals surface area contributed by atoms with Crippen LogP contribution in [0.2, 0.25) is 5.02 Å². The van der Waals surface area contributed by atoms with E-state index in [2.05, 4.69) is 5.32 Å². The number of aliphatic hydroxyl groups excluding tert-OH is 1. The van der Waals surface area contributed by atoms with Crippen molar-refractivity contribution in [1.82, 2.24) is 5.32 Å². The van der Waals surface area contributed by atoms with Crippen molar-refractivity contribution in [1.29, 1.82) is 0 Å². The van der Waals surface area contributed by atoms with Gasteiger partial charge in [0.2, 0.25) is 0 Å². The number of rotatable bonds is 8. The number of halogens is 1. The fraction of sp³-hybridized carbons (Fsp3) is 0.500. The van der Waals surface area contributed by atoms with Crippen LogP contribution in [0.25, 0.3) is 0 Å². The highest BCUT2D eigenvalue weighted by atomic mass is 35.5. The molecule has 0 radical (unpaired) electrons. The quantitative estimate of drug-likeness (QED) is 0.563. The van der Waals surface area contributed by atoms with Crippen LogP contribution < -0.4 is 5.32 Å². The zero-order valence-electron chi connectivity index (χ0n) is 9.86. The Labute approximate surface area is 112 Å². The smallest absolute Gasteiger partial charge is 0.0758 e. The maximum absolute atomic E-state index is 9.71. The van der Waals surface area contributed by atoms with Gasteiger partial charge in [-0.15, -0.1) is 11.8 Å². The molecular formula is C12H18ClNO2S. The number of hydrogen-bond donors (Lipinski definition) is 2. The van der Waals surface area contributed by atoms with Gasteiger partial charge in [-0.2, -0.15) is 0 Å². The van der Waals surface area contributed by atoms with Crippen molar-refractivity contribution in [3.63, 3.8) is 0 Å². The fourth-order valence-electron chi connectivity index (χ4n) is 1.23. The van der Waals surface area contributed by atoms with Crippen LogP contribution in [0.5, 0.6) is 0 Å². The summed E-state index contributed by atoms with van der Waals surface area (Å²) in [6.45, 7) is 2.01. The van der Waals surface area contributed by atoms with Crippen molar-refractivity contribution in [2.45, 2.75) is 11.0 Å². The van der Waals surface area contributed by atoms with Crippen LogP contribution in [-0.4, -0.2) is 43.8 Å². The Balaban J connectivity index is 2.14. The first-order chi connectivity index (χ1) is 8.22. The summed E-state index contributed by atoms with van der Waals surface area (Å²) in [6.07, 6.45) is -0.354. The lowest BCUT2D eigenvalue weighted by atomic mass is 10.4. The standard InChI is InChI=1S/C12H18ClNO2S/c1-16-7-6-14-8-11(15)9-17-12-4-2-10(13)3-5-12/h2-5,11,14-15H,6-9H2,1H3. The molecule has 2 N–H and O–H groups in total. The van der Waals surface area contributed by atoms with E-state index in [9.17, 15) is 5.11 Å². The average Bonchev–Trinajstić information content (AvgIpc) is 2.34. The second kappa shape index (κ2) is 8.78. The van der Waals surface area contributed by atoms with Crippen LogP contribution in [0.4, 0.5) is 0 Å². The van der Waals surface area contributed by atoms with E-state index >= 15 is 0 Å². The minimum absolute atomic E-state index is 0.354. The molecule has 0 fully saturated rings. The van der Waals surface area contributed by atoms with Crippen LogP contribution in [0.3, 0.4) is 0 Å². The molecule has 1 rings (SSSR count). The Morgan fingerprint density at radius 1 is 1.41 bits per heavy atom. The number of benzene rings is 1. The summed E-state index contributed by atoms with van der Waals surface area (Å²) in [7, 11) is 1.66. The number of nitrogens with one attached hydrogen (secondary N) is 1. The number of hydrogen-bond acceptors (Lipinski definition) is 4. The van der Waals surface area contributed by atoms with Crippen molar-refractivity contribution in [3.05, 3.63) is 29.3 Å². The van der Waals surface area contributed by atoms with Crippen LogP contribution in [0, 0.1) is 0 Å². The van der Waals surface area contributed by atoms with Gasteiger partial charge in [-0.05, 0) is 24.3 Å².